The summed E-state index contributed by atoms with van der Waals surface area (Å²) in [5.74, 6) is 0.0909. The summed E-state index contributed by atoms with van der Waals surface area (Å²) in [7, 11) is 1.77. The van der Waals surface area contributed by atoms with Gasteiger partial charge in [0.1, 0.15) is 18.5 Å². The highest BCUT2D eigenvalue weighted by molar-refractivity contribution is 5.99. The Morgan fingerprint density at radius 2 is 1.89 bits per heavy atom. The van der Waals surface area contributed by atoms with Crippen molar-refractivity contribution in [2.75, 3.05) is 19.0 Å². The largest absolute Gasteiger partial charge is 0.490 e. The Bertz CT molecular complexity index is 1070. The van der Waals surface area contributed by atoms with E-state index in [0.29, 0.717) is 36.3 Å². The number of rotatable bonds is 6. The summed E-state index contributed by atoms with van der Waals surface area (Å²) in [6.07, 6.45) is 1.42. The van der Waals surface area contributed by atoms with Crippen LogP contribution in [-0.2, 0) is 14.3 Å². The Morgan fingerprint density at radius 3 is 2.63 bits per heavy atom. The average molecular weight is 480 g/mol. The zero-order chi connectivity index (χ0) is 24.9. The summed E-state index contributed by atoms with van der Waals surface area (Å²) in [6.45, 7) is 4.01. The molecule has 0 bridgehead atoms. The van der Waals surface area contributed by atoms with Crippen molar-refractivity contribution in [2.24, 2.45) is 0 Å². The lowest BCUT2D eigenvalue weighted by Crippen LogP contribution is -2.54. The van der Waals surface area contributed by atoms with Gasteiger partial charge in [0.2, 0.25) is 11.8 Å². The molecule has 8 heteroatoms. The fourth-order valence-corrected chi connectivity index (χ4v) is 4.69. The Hall–Kier alpha value is -3.39. The zero-order valence-electron chi connectivity index (χ0n) is 20.5. The van der Waals surface area contributed by atoms with Crippen LogP contribution in [0.25, 0.3) is 0 Å². The second-order valence-corrected chi connectivity index (χ2v) is 9.18. The average Bonchev–Trinajstić information content (AvgIpc) is 2.86. The molecule has 0 spiro atoms. The van der Waals surface area contributed by atoms with Crippen molar-refractivity contribution < 1.29 is 23.9 Å². The van der Waals surface area contributed by atoms with Gasteiger partial charge in [0.15, 0.2) is 0 Å². The molecule has 3 amide bonds. The SMILES string of the molecule is CCC(=O)Nc1ccc2c(c1)C(=O)N(C)[C@@H]1CC[C@H](CC(=O)N[C@H](C)c3ccccc3)O[C@H]1CO2. The van der Waals surface area contributed by atoms with Gasteiger partial charge in [-0.1, -0.05) is 37.3 Å². The molecule has 0 saturated carbocycles. The highest BCUT2D eigenvalue weighted by Crippen LogP contribution is 2.32. The van der Waals surface area contributed by atoms with Crippen LogP contribution >= 0.6 is 0 Å². The van der Waals surface area contributed by atoms with E-state index in [4.69, 9.17) is 9.47 Å². The standard InChI is InChI=1S/C27H33N3O5/c1-4-25(31)29-19-10-13-23-21(14-19)27(33)30(3)22-12-11-20(35-24(22)16-34-23)15-26(32)28-17(2)18-8-6-5-7-9-18/h5-10,13-14,17,20,22,24H,4,11-12,15-16H2,1-3H3,(H,28,32)(H,29,31)/t17-,20-,22-,24+/m1/s1. The van der Waals surface area contributed by atoms with E-state index in [1.165, 1.54) is 0 Å². The van der Waals surface area contributed by atoms with Crippen LogP contribution in [-0.4, -0.2) is 54.5 Å². The third-order valence-corrected chi connectivity index (χ3v) is 6.71. The first kappa shape index (κ1) is 24.7. The van der Waals surface area contributed by atoms with Gasteiger partial charge in [0, 0.05) is 19.2 Å². The van der Waals surface area contributed by atoms with Crippen LogP contribution in [0.2, 0.25) is 0 Å². The molecule has 35 heavy (non-hydrogen) atoms. The van der Waals surface area contributed by atoms with E-state index < -0.39 is 0 Å². The maximum absolute atomic E-state index is 13.3. The molecule has 2 N–H and O–H groups in total. The molecular weight excluding hydrogens is 446 g/mol. The predicted octanol–water partition coefficient (Wildman–Crippen LogP) is 3.68. The Labute approximate surface area is 206 Å². The number of hydrogen-bond acceptors (Lipinski definition) is 5. The molecule has 0 unspecified atom stereocenters. The minimum Gasteiger partial charge on any atom is -0.490 e. The van der Waals surface area contributed by atoms with Crippen molar-refractivity contribution >= 4 is 23.4 Å². The smallest absolute Gasteiger partial charge is 0.257 e. The number of amides is 3. The van der Waals surface area contributed by atoms with E-state index in [0.717, 1.165) is 5.56 Å². The molecule has 1 fully saturated rings. The van der Waals surface area contributed by atoms with Crippen molar-refractivity contribution in [1.29, 1.82) is 0 Å². The first-order valence-corrected chi connectivity index (χ1v) is 12.2. The number of nitrogens with one attached hydrogen (secondary N) is 2. The van der Waals surface area contributed by atoms with E-state index in [1.54, 1.807) is 37.1 Å². The van der Waals surface area contributed by atoms with Crippen molar-refractivity contribution in [1.82, 2.24) is 10.2 Å². The number of likely N-dealkylation sites (N-methyl/N-ethyl adjacent to an activating group) is 1. The Morgan fingerprint density at radius 1 is 1.11 bits per heavy atom. The number of benzene rings is 2. The number of ether oxygens (including phenoxy) is 2. The maximum Gasteiger partial charge on any atom is 0.257 e. The summed E-state index contributed by atoms with van der Waals surface area (Å²) >= 11 is 0. The fraction of sp³-hybridized carbons (Fsp3) is 0.444. The molecule has 4 rings (SSSR count). The van der Waals surface area contributed by atoms with Gasteiger partial charge in [0.05, 0.1) is 30.2 Å². The van der Waals surface area contributed by atoms with Gasteiger partial charge < -0.3 is 25.0 Å². The van der Waals surface area contributed by atoms with Crippen LogP contribution in [0.4, 0.5) is 5.69 Å². The third-order valence-electron chi connectivity index (χ3n) is 6.71. The van der Waals surface area contributed by atoms with Crippen LogP contribution in [0.3, 0.4) is 0 Å². The second-order valence-electron chi connectivity index (χ2n) is 9.18. The number of anilines is 1. The van der Waals surface area contributed by atoms with Gasteiger partial charge in [0.25, 0.3) is 5.91 Å². The summed E-state index contributed by atoms with van der Waals surface area (Å²) in [5.41, 5.74) is 2.03. The van der Waals surface area contributed by atoms with Crippen LogP contribution in [0.1, 0.15) is 61.5 Å². The van der Waals surface area contributed by atoms with Gasteiger partial charge in [-0.05, 0) is 43.5 Å². The monoisotopic (exact) mass is 479 g/mol. The number of nitrogens with zero attached hydrogens (tertiary/aromatic N) is 1. The van der Waals surface area contributed by atoms with Gasteiger partial charge in [-0.15, -0.1) is 0 Å². The minimum absolute atomic E-state index is 0.0620. The van der Waals surface area contributed by atoms with Crippen LogP contribution in [0.15, 0.2) is 48.5 Å². The zero-order valence-corrected chi connectivity index (χ0v) is 20.5. The minimum atomic E-state index is -0.338. The highest BCUT2D eigenvalue weighted by atomic mass is 16.5. The molecule has 2 heterocycles. The van der Waals surface area contributed by atoms with Crippen molar-refractivity contribution in [3.05, 3.63) is 59.7 Å². The lowest BCUT2D eigenvalue weighted by molar-refractivity contribution is -0.134. The number of carbonyl (C=O) groups is 3. The Balaban J connectivity index is 1.40. The van der Waals surface area contributed by atoms with Crippen LogP contribution < -0.4 is 15.4 Å². The van der Waals surface area contributed by atoms with E-state index >= 15 is 0 Å². The molecule has 0 aromatic heterocycles. The second kappa shape index (κ2) is 10.9. The fourth-order valence-electron chi connectivity index (χ4n) is 4.69. The summed E-state index contributed by atoms with van der Waals surface area (Å²) in [4.78, 5) is 39.4. The quantitative estimate of drug-likeness (QED) is 0.659. The van der Waals surface area contributed by atoms with E-state index in [-0.39, 0.29) is 55.0 Å². The highest BCUT2D eigenvalue weighted by Gasteiger charge is 2.39. The summed E-state index contributed by atoms with van der Waals surface area (Å²) in [5, 5.41) is 5.83. The van der Waals surface area contributed by atoms with E-state index in [1.807, 2.05) is 37.3 Å². The van der Waals surface area contributed by atoms with Gasteiger partial charge >= 0.3 is 0 Å². The number of fused-ring (bicyclic) bond motifs is 2. The lowest BCUT2D eigenvalue weighted by Gasteiger charge is -2.42. The molecule has 2 aromatic carbocycles. The number of hydrogen-bond donors (Lipinski definition) is 2. The molecule has 2 aliphatic rings. The van der Waals surface area contributed by atoms with E-state index in [2.05, 4.69) is 10.6 Å². The van der Waals surface area contributed by atoms with Crippen LogP contribution in [0, 0.1) is 0 Å². The Kier molecular flexibility index (Phi) is 7.70. The normalized spacial score (nSPS) is 22.5. The van der Waals surface area contributed by atoms with Gasteiger partial charge in [-0.25, -0.2) is 0 Å². The first-order chi connectivity index (χ1) is 16.9. The molecule has 1 saturated heterocycles. The van der Waals surface area contributed by atoms with Gasteiger partial charge in [-0.2, -0.15) is 0 Å². The summed E-state index contributed by atoms with van der Waals surface area (Å²) < 4.78 is 12.3. The molecule has 0 aliphatic carbocycles. The predicted molar refractivity (Wildman–Crippen MR) is 132 cm³/mol. The topological polar surface area (TPSA) is 97.0 Å². The summed E-state index contributed by atoms with van der Waals surface area (Å²) in [6, 6.07) is 14.7. The molecule has 2 aromatic rings. The molecule has 4 atom stereocenters. The maximum atomic E-state index is 13.3. The molecule has 186 valence electrons. The molecular formula is C27H33N3O5. The van der Waals surface area contributed by atoms with Crippen molar-refractivity contribution in [3.63, 3.8) is 0 Å². The van der Waals surface area contributed by atoms with Crippen molar-refractivity contribution in [2.45, 2.75) is 63.8 Å². The molecule has 8 nitrogen and oxygen atoms in total. The number of carbonyl (C=O) groups excluding carboxylic acids is 3. The van der Waals surface area contributed by atoms with Gasteiger partial charge in [-0.3, -0.25) is 14.4 Å². The lowest BCUT2D eigenvalue weighted by atomic mass is 9.94. The van der Waals surface area contributed by atoms with Crippen LogP contribution in [0.5, 0.6) is 5.75 Å². The van der Waals surface area contributed by atoms with E-state index in [9.17, 15) is 14.4 Å². The molecule has 0 radical (unpaired) electrons. The van der Waals surface area contributed by atoms with Crippen molar-refractivity contribution in [3.8, 4) is 5.75 Å². The third kappa shape index (κ3) is 5.82. The molecule has 2 aliphatic heterocycles. The first-order valence-electron chi connectivity index (χ1n) is 12.2.